The Morgan fingerprint density at radius 3 is 2.74 bits per heavy atom. The molecule has 0 radical (unpaired) electrons. The van der Waals surface area contributed by atoms with Crippen LogP contribution in [0.2, 0.25) is 0 Å². The molecule has 1 aliphatic rings. The first-order chi connectivity index (χ1) is 9.11. The van der Waals surface area contributed by atoms with Gasteiger partial charge in [-0.25, -0.2) is 4.79 Å². The lowest BCUT2D eigenvalue weighted by atomic mass is 9.94. The van der Waals surface area contributed by atoms with Gasteiger partial charge in [0.15, 0.2) is 0 Å². The normalized spacial score (nSPS) is 23.1. The summed E-state index contributed by atoms with van der Waals surface area (Å²) in [6, 6.07) is 5.80. The molecule has 19 heavy (non-hydrogen) atoms. The van der Waals surface area contributed by atoms with Crippen LogP contribution in [0, 0.1) is 6.92 Å². The van der Waals surface area contributed by atoms with Crippen molar-refractivity contribution >= 4 is 23.4 Å². The lowest BCUT2D eigenvalue weighted by molar-refractivity contribution is 0.0697. The number of nitrogens with one attached hydrogen (secondary N) is 1. The molecule has 4 heteroatoms. The zero-order valence-corrected chi connectivity index (χ0v) is 12.3. The molecule has 3 nitrogen and oxygen atoms in total. The summed E-state index contributed by atoms with van der Waals surface area (Å²) < 4.78 is 0. The molecular formula is C15H21NO2S. The number of benzene rings is 1. The van der Waals surface area contributed by atoms with E-state index in [0.29, 0.717) is 16.9 Å². The highest BCUT2D eigenvalue weighted by molar-refractivity contribution is 7.99. The maximum Gasteiger partial charge on any atom is 0.335 e. The predicted molar refractivity (Wildman–Crippen MR) is 81.3 cm³/mol. The molecular weight excluding hydrogens is 258 g/mol. The second-order valence-electron chi connectivity index (χ2n) is 5.14. The fraction of sp³-hybridized carbons (Fsp3) is 0.533. The maximum atomic E-state index is 10.9. The van der Waals surface area contributed by atoms with Crippen molar-refractivity contribution < 1.29 is 9.90 Å². The zero-order valence-electron chi connectivity index (χ0n) is 11.5. The van der Waals surface area contributed by atoms with E-state index in [9.17, 15) is 4.79 Å². The molecule has 0 spiro atoms. The average Bonchev–Trinajstić information content (AvgIpc) is 2.41. The highest BCUT2D eigenvalue weighted by Gasteiger charge is 2.24. The van der Waals surface area contributed by atoms with E-state index in [0.717, 1.165) is 11.3 Å². The van der Waals surface area contributed by atoms with E-state index in [1.165, 1.54) is 25.7 Å². The van der Waals surface area contributed by atoms with Crippen molar-refractivity contribution in [1.82, 2.24) is 0 Å². The molecule has 1 aromatic carbocycles. The summed E-state index contributed by atoms with van der Waals surface area (Å²) in [5, 5.41) is 13.2. The molecule has 2 N–H and O–H groups in total. The van der Waals surface area contributed by atoms with Crippen molar-refractivity contribution in [3.8, 4) is 0 Å². The Hall–Kier alpha value is -1.16. The fourth-order valence-corrected chi connectivity index (χ4v) is 3.64. The van der Waals surface area contributed by atoms with Crippen molar-refractivity contribution in [3.05, 3.63) is 29.3 Å². The second kappa shape index (κ2) is 6.33. The molecule has 104 valence electrons. The first-order valence-electron chi connectivity index (χ1n) is 6.75. The van der Waals surface area contributed by atoms with E-state index >= 15 is 0 Å². The van der Waals surface area contributed by atoms with Gasteiger partial charge in [0.25, 0.3) is 0 Å². The molecule has 2 atom stereocenters. The number of carboxylic acid groups (broad SMARTS) is 1. The molecule has 0 amide bonds. The molecule has 0 heterocycles. The van der Waals surface area contributed by atoms with Crippen LogP contribution in [0.4, 0.5) is 5.69 Å². The molecule has 1 saturated carbocycles. The highest BCUT2D eigenvalue weighted by atomic mass is 32.2. The molecule has 1 aliphatic carbocycles. The fourth-order valence-electron chi connectivity index (χ4n) is 2.70. The van der Waals surface area contributed by atoms with Crippen LogP contribution in [0.25, 0.3) is 0 Å². The monoisotopic (exact) mass is 279 g/mol. The van der Waals surface area contributed by atoms with Gasteiger partial charge in [-0.2, -0.15) is 11.8 Å². The van der Waals surface area contributed by atoms with Crippen LogP contribution in [0.5, 0.6) is 0 Å². The van der Waals surface area contributed by atoms with Crippen molar-refractivity contribution in [2.75, 3.05) is 11.6 Å². The third-order valence-electron chi connectivity index (χ3n) is 3.82. The van der Waals surface area contributed by atoms with Gasteiger partial charge in [0.2, 0.25) is 0 Å². The molecule has 2 unspecified atom stereocenters. The van der Waals surface area contributed by atoms with E-state index in [2.05, 4.69) is 11.6 Å². The van der Waals surface area contributed by atoms with E-state index in [-0.39, 0.29) is 0 Å². The van der Waals surface area contributed by atoms with Crippen LogP contribution in [-0.2, 0) is 0 Å². The van der Waals surface area contributed by atoms with E-state index in [4.69, 9.17) is 5.11 Å². The first kappa shape index (κ1) is 14.3. The Morgan fingerprint density at radius 1 is 1.37 bits per heavy atom. The number of rotatable bonds is 4. The largest absolute Gasteiger partial charge is 0.478 e. The predicted octanol–water partition coefficient (Wildman–Crippen LogP) is 3.78. The van der Waals surface area contributed by atoms with Gasteiger partial charge in [-0.3, -0.25) is 0 Å². The van der Waals surface area contributed by atoms with Gasteiger partial charge < -0.3 is 10.4 Å². The highest BCUT2D eigenvalue weighted by Crippen LogP contribution is 2.30. The number of thioether (sulfide) groups is 1. The Bertz CT molecular complexity index is 461. The molecule has 2 rings (SSSR count). The van der Waals surface area contributed by atoms with Gasteiger partial charge in [0.05, 0.1) is 5.56 Å². The average molecular weight is 279 g/mol. The number of aromatic carboxylic acids is 1. The van der Waals surface area contributed by atoms with Crippen LogP contribution in [0.15, 0.2) is 18.2 Å². The number of anilines is 1. The van der Waals surface area contributed by atoms with Crippen LogP contribution >= 0.6 is 11.8 Å². The van der Waals surface area contributed by atoms with E-state index in [1.807, 2.05) is 24.8 Å². The van der Waals surface area contributed by atoms with Gasteiger partial charge in [-0.05, 0) is 49.8 Å². The van der Waals surface area contributed by atoms with Crippen LogP contribution in [0.1, 0.15) is 41.6 Å². The summed E-state index contributed by atoms with van der Waals surface area (Å²) in [6.07, 6.45) is 7.24. The lowest BCUT2D eigenvalue weighted by Gasteiger charge is -2.32. The number of carboxylic acids is 1. The third-order valence-corrected chi connectivity index (χ3v) is 4.99. The van der Waals surface area contributed by atoms with Gasteiger partial charge in [-0.15, -0.1) is 0 Å². The Labute approximate surface area is 118 Å². The van der Waals surface area contributed by atoms with Crippen LogP contribution < -0.4 is 5.32 Å². The van der Waals surface area contributed by atoms with E-state index in [1.54, 1.807) is 12.1 Å². The standard InChI is InChI=1S/C15H21NO2S/c1-10-9-11(15(17)18)7-8-12(10)16-13-5-3-4-6-14(13)19-2/h7-9,13-14,16H,3-6H2,1-2H3,(H,17,18). The van der Waals surface area contributed by atoms with E-state index < -0.39 is 5.97 Å². The maximum absolute atomic E-state index is 10.9. The Morgan fingerprint density at radius 2 is 2.11 bits per heavy atom. The van der Waals surface area contributed by atoms with Gasteiger partial charge in [-0.1, -0.05) is 12.8 Å². The number of hydrogen-bond acceptors (Lipinski definition) is 3. The van der Waals surface area contributed by atoms with Crippen LogP contribution in [0.3, 0.4) is 0 Å². The summed E-state index contributed by atoms with van der Waals surface area (Å²) in [6.45, 7) is 1.96. The summed E-state index contributed by atoms with van der Waals surface area (Å²) in [7, 11) is 0. The minimum Gasteiger partial charge on any atom is -0.478 e. The van der Waals surface area contributed by atoms with Crippen molar-refractivity contribution in [1.29, 1.82) is 0 Å². The molecule has 1 fully saturated rings. The molecule has 0 aliphatic heterocycles. The topological polar surface area (TPSA) is 49.3 Å². The quantitative estimate of drug-likeness (QED) is 0.880. The van der Waals surface area contributed by atoms with Crippen LogP contribution in [-0.4, -0.2) is 28.6 Å². The van der Waals surface area contributed by atoms with Gasteiger partial charge in [0, 0.05) is 17.0 Å². The number of carbonyl (C=O) groups is 1. The molecule has 1 aromatic rings. The summed E-state index contributed by atoms with van der Waals surface area (Å²) in [4.78, 5) is 10.9. The zero-order chi connectivity index (χ0) is 13.8. The van der Waals surface area contributed by atoms with Crippen molar-refractivity contribution in [2.45, 2.75) is 43.9 Å². The molecule has 0 saturated heterocycles. The van der Waals surface area contributed by atoms with Crippen molar-refractivity contribution in [2.24, 2.45) is 0 Å². The number of aryl methyl sites for hydroxylation is 1. The minimum absolute atomic E-state index is 0.355. The molecule has 0 bridgehead atoms. The SMILES string of the molecule is CSC1CCCCC1Nc1ccc(C(=O)O)cc1C. The molecule has 0 aromatic heterocycles. The van der Waals surface area contributed by atoms with Crippen molar-refractivity contribution in [3.63, 3.8) is 0 Å². The third kappa shape index (κ3) is 3.44. The summed E-state index contributed by atoms with van der Waals surface area (Å²) in [5.41, 5.74) is 2.43. The summed E-state index contributed by atoms with van der Waals surface area (Å²) in [5.74, 6) is -0.866. The Kier molecular flexibility index (Phi) is 4.75. The number of hydrogen-bond donors (Lipinski definition) is 2. The first-order valence-corrected chi connectivity index (χ1v) is 8.04. The summed E-state index contributed by atoms with van der Waals surface area (Å²) >= 11 is 1.93. The van der Waals surface area contributed by atoms with Gasteiger partial charge >= 0.3 is 5.97 Å². The van der Waals surface area contributed by atoms with Gasteiger partial charge in [0.1, 0.15) is 0 Å². The minimum atomic E-state index is -0.866. The Balaban J connectivity index is 2.11. The smallest absolute Gasteiger partial charge is 0.335 e. The second-order valence-corrected chi connectivity index (χ2v) is 6.22. The lowest BCUT2D eigenvalue weighted by Crippen LogP contribution is -2.34.